The van der Waals surface area contributed by atoms with Gasteiger partial charge >= 0.3 is 0 Å². The number of nitrogens with zero attached hydrogens (tertiary/aromatic N) is 3. The van der Waals surface area contributed by atoms with Crippen LogP contribution in [0.4, 0.5) is 5.13 Å². The number of aromatic nitrogens is 1. The highest BCUT2D eigenvalue weighted by molar-refractivity contribution is 9.11. The van der Waals surface area contributed by atoms with Gasteiger partial charge in [0.05, 0.1) is 25.5 Å². The Morgan fingerprint density at radius 3 is 2.56 bits per heavy atom. The lowest BCUT2D eigenvalue weighted by Crippen LogP contribution is -2.36. The minimum atomic E-state index is -0.0725. The predicted octanol–water partition coefficient (Wildman–Crippen LogP) is 5.41. The largest absolute Gasteiger partial charge is 0.494 e. The van der Waals surface area contributed by atoms with E-state index >= 15 is 0 Å². The first kappa shape index (κ1) is 22.4. The predicted molar refractivity (Wildman–Crippen MR) is 121 cm³/mol. The van der Waals surface area contributed by atoms with Crippen LogP contribution < -0.4 is 9.64 Å². The highest BCUT2D eigenvalue weighted by Crippen LogP contribution is 2.39. The number of likely N-dealkylation sites (N-methyl/N-ethyl adjacent to an activating group) is 1. The van der Waals surface area contributed by atoms with E-state index in [4.69, 9.17) is 16.3 Å². The topological polar surface area (TPSA) is 45.7 Å². The number of ether oxygens (including phenoxy) is 1. The molecule has 5 nitrogen and oxygen atoms in total. The number of fused-ring (bicyclic) bond motifs is 1. The third kappa shape index (κ3) is 4.93. The summed E-state index contributed by atoms with van der Waals surface area (Å²) >= 11 is 12.6. The number of benzene rings is 1. The SMILES string of the molecule is COc1ccc(Cl)c2sc(N(CCN(C)C)C(=O)c3ccc(Br)s3)nc12.Cl. The van der Waals surface area contributed by atoms with Crippen LogP contribution in [0.25, 0.3) is 10.2 Å². The second kappa shape index (κ2) is 9.54. The number of thiazole rings is 1. The van der Waals surface area contributed by atoms with Crippen molar-refractivity contribution in [3.8, 4) is 5.75 Å². The van der Waals surface area contributed by atoms with Gasteiger partial charge in [-0.1, -0.05) is 22.9 Å². The fourth-order valence-electron chi connectivity index (χ4n) is 2.37. The first-order valence-corrected chi connectivity index (χ1v) is 10.6. The standard InChI is InChI=1S/C17H17BrClN3O2S2.ClH/c1-21(2)8-9-22(16(23)12-6-7-13(18)25-12)17-20-14-11(24-3)5-4-10(19)15(14)26-17;/h4-7H,8-9H2,1-3H3;1H. The zero-order chi connectivity index (χ0) is 18.8. The molecule has 0 saturated carbocycles. The summed E-state index contributed by atoms with van der Waals surface area (Å²) in [6.45, 7) is 1.25. The molecule has 27 heavy (non-hydrogen) atoms. The maximum absolute atomic E-state index is 13.1. The molecule has 0 fully saturated rings. The smallest absolute Gasteiger partial charge is 0.270 e. The molecule has 3 rings (SSSR count). The Kier molecular flexibility index (Phi) is 7.91. The molecule has 10 heteroatoms. The average molecular weight is 511 g/mol. The van der Waals surface area contributed by atoms with Crippen LogP contribution in [0.5, 0.6) is 5.75 Å². The highest BCUT2D eigenvalue weighted by Gasteiger charge is 2.24. The van der Waals surface area contributed by atoms with Crippen molar-refractivity contribution in [1.82, 2.24) is 9.88 Å². The first-order valence-electron chi connectivity index (χ1n) is 7.75. The second-order valence-corrected chi connectivity index (χ2v) is 9.64. The lowest BCUT2D eigenvalue weighted by atomic mass is 10.3. The van der Waals surface area contributed by atoms with E-state index in [1.165, 1.54) is 22.7 Å². The van der Waals surface area contributed by atoms with E-state index in [-0.39, 0.29) is 18.3 Å². The van der Waals surface area contributed by atoms with Crippen LogP contribution >= 0.6 is 62.6 Å². The lowest BCUT2D eigenvalue weighted by molar-refractivity contribution is 0.0989. The fraction of sp³-hybridized carbons (Fsp3) is 0.294. The molecule has 1 amide bonds. The Bertz CT molecular complexity index is 946. The molecule has 0 radical (unpaired) electrons. The quantitative estimate of drug-likeness (QED) is 0.444. The molecule has 146 valence electrons. The van der Waals surface area contributed by atoms with Crippen LogP contribution in [0.1, 0.15) is 9.67 Å². The van der Waals surface area contributed by atoms with Gasteiger partial charge < -0.3 is 9.64 Å². The van der Waals surface area contributed by atoms with Gasteiger partial charge in [0.25, 0.3) is 5.91 Å². The van der Waals surface area contributed by atoms with Crippen molar-refractivity contribution in [1.29, 1.82) is 0 Å². The van der Waals surface area contributed by atoms with Gasteiger partial charge in [0, 0.05) is 13.1 Å². The number of hydrogen-bond acceptors (Lipinski definition) is 6. The van der Waals surface area contributed by atoms with Gasteiger partial charge in [0.2, 0.25) is 0 Å². The molecule has 0 N–H and O–H groups in total. The average Bonchev–Trinajstić information content (AvgIpc) is 3.22. The Morgan fingerprint density at radius 1 is 1.22 bits per heavy atom. The minimum Gasteiger partial charge on any atom is -0.494 e. The number of amides is 1. The Labute approximate surface area is 185 Å². The van der Waals surface area contributed by atoms with Crippen LogP contribution in [-0.4, -0.2) is 50.1 Å². The number of anilines is 1. The van der Waals surface area contributed by atoms with Crippen molar-refractivity contribution in [2.45, 2.75) is 0 Å². The number of methoxy groups -OCH3 is 1. The summed E-state index contributed by atoms with van der Waals surface area (Å²) in [5, 5.41) is 1.21. The number of carbonyl (C=O) groups is 1. The zero-order valence-corrected chi connectivity index (χ0v) is 19.7. The van der Waals surface area contributed by atoms with Crippen molar-refractivity contribution in [3.05, 3.63) is 38.0 Å². The van der Waals surface area contributed by atoms with E-state index < -0.39 is 0 Å². The summed E-state index contributed by atoms with van der Waals surface area (Å²) < 4.78 is 7.13. The van der Waals surface area contributed by atoms with Gasteiger partial charge in [-0.2, -0.15) is 0 Å². The third-order valence-corrected chi connectivity index (χ3v) is 6.85. The van der Waals surface area contributed by atoms with Gasteiger partial charge in [-0.05, 0) is 54.3 Å². The number of hydrogen-bond donors (Lipinski definition) is 0. The molecule has 3 aromatic rings. The molecule has 0 aliphatic rings. The molecule has 0 saturated heterocycles. The molecule has 0 bridgehead atoms. The number of carbonyl (C=O) groups excluding carboxylic acids is 1. The van der Waals surface area contributed by atoms with Crippen LogP contribution in [0.2, 0.25) is 5.02 Å². The normalized spacial score (nSPS) is 10.9. The van der Waals surface area contributed by atoms with Gasteiger partial charge in [0.1, 0.15) is 11.3 Å². The molecule has 2 heterocycles. The van der Waals surface area contributed by atoms with Gasteiger partial charge in [-0.15, -0.1) is 23.7 Å². The molecule has 0 unspecified atom stereocenters. The summed E-state index contributed by atoms with van der Waals surface area (Å²) in [6.07, 6.45) is 0. The van der Waals surface area contributed by atoms with Crippen molar-refractivity contribution in [3.63, 3.8) is 0 Å². The van der Waals surface area contributed by atoms with Crippen molar-refractivity contribution in [2.24, 2.45) is 0 Å². The van der Waals surface area contributed by atoms with E-state index in [1.54, 1.807) is 24.1 Å². The van der Waals surface area contributed by atoms with Crippen molar-refractivity contribution >= 4 is 83.9 Å². The van der Waals surface area contributed by atoms with Gasteiger partial charge in [-0.3, -0.25) is 9.69 Å². The summed E-state index contributed by atoms with van der Waals surface area (Å²) in [7, 11) is 5.55. The highest BCUT2D eigenvalue weighted by atomic mass is 79.9. The molecule has 0 spiro atoms. The minimum absolute atomic E-state index is 0. The molecule has 0 aliphatic carbocycles. The second-order valence-electron chi connectivity index (χ2n) is 5.79. The van der Waals surface area contributed by atoms with E-state index in [9.17, 15) is 4.79 Å². The molecule has 0 aliphatic heterocycles. The van der Waals surface area contributed by atoms with E-state index in [2.05, 4.69) is 20.9 Å². The molecule has 2 aromatic heterocycles. The third-order valence-electron chi connectivity index (χ3n) is 3.70. The first-order chi connectivity index (χ1) is 12.4. The summed E-state index contributed by atoms with van der Waals surface area (Å²) in [4.78, 5) is 22.2. The van der Waals surface area contributed by atoms with E-state index in [0.29, 0.717) is 32.8 Å². The maximum Gasteiger partial charge on any atom is 0.270 e. The maximum atomic E-state index is 13.1. The van der Waals surface area contributed by atoms with Crippen molar-refractivity contribution < 1.29 is 9.53 Å². The molecule has 0 atom stereocenters. The van der Waals surface area contributed by atoms with Crippen LogP contribution in [0.15, 0.2) is 28.1 Å². The summed E-state index contributed by atoms with van der Waals surface area (Å²) in [6, 6.07) is 7.27. The monoisotopic (exact) mass is 509 g/mol. The Morgan fingerprint density at radius 2 is 1.96 bits per heavy atom. The molecule has 1 aromatic carbocycles. The van der Waals surface area contributed by atoms with Crippen LogP contribution in [-0.2, 0) is 0 Å². The summed E-state index contributed by atoms with van der Waals surface area (Å²) in [5.74, 6) is 0.572. The van der Waals surface area contributed by atoms with Gasteiger partial charge in [-0.25, -0.2) is 4.98 Å². The van der Waals surface area contributed by atoms with E-state index in [0.717, 1.165) is 15.0 Å². The Hall–Kier alpha value is -0.900. The fourth-order valence-corrected chi connectivity index (χ4v) is 4.98. The summed E-state index contributed by atoms with van der Waals surface area (Å²) in [5.41, 5.74) is 0.676. The Balaban J connectivity index is 0.00000261. The lowest BCUT2D eigenvalue weighted by Gasteiger charge is -2.21. The molecular formula is C17H18BrCl2N3O2S2. The molecular weight excluding hydrogens is 493 g/mol. The number of halogens is 3. The number of thiophene rings is 1. The zero-order valence-electron chi connectivity index (χ0n) is 14.9. The van der Waals surface area contributed by atoms with E-state index in [1.807, 2.05) is 31.1 Å². The van der Waals surface area contributed by atoms with Gasteiger partial charge in [0.15, 0.2) is 5.13 Å². The van der Waals surface area contributed by atoms with Crippen molar-refractivity contribution in [2.75, 3.05) is 39.2 Å². The van der Waals surface area contributed by atoms with Crippen LogP contribution in [0.3, 0.4) is 0 Å². The van der Waals surface area contributed by atoms with Crippen LogP contribution in [0, 0.1) is 0 Å². The number of rotatable bonds is 6.